The molecule has 1 aliphatic heterocycles. The van der Waals surface area contributed by atoms with E-state index in [1.807, 2.05) is 14.2 Å². The van der Waals surface area contributed by atoms with Crippen LogP contribution in [0.3, 0.4) is 0 Å². The Bertz CT molecular complexity index is 396. The summed E-state index contributed by atoms with van der Waals surface area (Å²) in [6, 6.07) is 9.04. The second-order valence-electron chi connectivity index (χ2n) is 5.48. The van der Waals surface area contributed by atoms with Crippen molar-refractivity contribution in [2.24, 2.45) is 0 Å². The largest absolute Gasteiger partial charge is 0.380 e. The number of piperidine rings is 1. The summed E-state index contributed by atoms with van der Waals surface area (Å²) in [5.74, 6) is 0. The van der Waals surface area contributed by atoms with Crippen molar-refractivity contribution in [2.45, 2.75) is 31.4 Å². The van der Waals surface area contributed by atoms with Crippen LogP contribution in [0, 0.1) is 0 Å². The highest BCUT2D eigenvalue weighted by Gasteiger charge is 2.20. The summed E-state index contributed by atoms with van der Waals surface area (Å²) in [6.45, 7) is 3.41. The Kier molecular flexibility index (Phi) is 6.49. The highest BCUT2D eigenvalue weighted by Crippen LogP contribution is 2.21. The van der Waals surface area contributed by atoms with Crippen molar-refractivity contribution in [3.8, 4) is 0 Å². The Hall–Kier alpha value is -0.420. The smallest absolute Gasteiger partial charge is 0.0698 e. The summed E-state index contributed by atoms with van der Waals surface area (Å²) in [5, 5.41) is 3.43. The molecule has 0 saturated carbocycles. The minimum absolute atomic E-state index is 0.421. The quantitative estimate of drug-likeness (QED) is 0.860. The number of ether oxygens (including phenoxy) is 1. The fourth-order valence-electron chi connectivity index (χ4n) is 2.89. The number of nitrogens with one attached hydrogen (secondary N) is 1. The number of hydrogen-bond donors (Lipinski definition) is 1. The third-order valence-corrected chi connectivity index (χ3v) is 4.68. The van der Waals surface area contributed by atoms with E-state index in [0.29, 0.717) is 12.1 Å². The maximum Gasteiger partial charge on any atom is 0.0698 e. The molecular weight excluding hydrogens is 316 g/mol. The van der Waals surface area contributed by atoms with E-state index < -0.39 is 0 Å². The molecule has 0 aliphatic carbocycles. The number of rotatable bonds is 6. The van der Waals surface area contributed by atoms with Crippen molar-refractivity contribution in [2.75, 3.05) is 33.8 Å². The minimum Gasteiger partial charge on any atom is -0.380 e. The van der Waals surface area contributed by atoms with E-state index in [0.717, 1.165) is 24.0 Å². The highest BCUT2D eigenvalue weighted by atomic mass is 79.9. The Morgan fingerprint density at radius 2 is 2.15 bits per heavy atom. The third kappa shape index (κ3) is 4.55. The molecule has 20 heavy (non-hydrogen) atoms. The average molecular weight is 341 g/mol. The fraction of sp³-hybridized carbons (Fsp3) is 0.625. The van der Waals surface area contributed by atoms with Crippen LogP contribution in [0.25, 0.3) is 0 Å². The molecule has 1 aromatic carbocycles. The zero-order valence-corrected chi connectivity index (χ0v) is 14.0. The molecule has 2 atom stereocenters. The lowest BCUT2D eigenvalue weighted by atomic mass is 10.0. The molecule has 1 heterocycles. The zero-order chi connectivity index (χ0) is 14.4. The number of nitrogens with zero attached hydrogens (tertiary/aromatic N) is 1. The molecule has 0 bridgehead atoms. The van der Waals surface area contributed by atoms with E-state index in [9.17, 15) is 0 Å². The predicted molar refractivity (Wildman–Crippen MR) is 87.0 cm³/mol. The van der Waals surface area contributed by atoms with E-state index >= 15 is 0 Å². The van der Waals surface area contributed by atoms with Crippen molar-refractivity contribution in [1.29, 1.82) is 0 Å². The summed E-state index contributed by atoms with van der Waals surface area (Å²) in [6.07, 6.45) is 4.01. The maximum absolute atomic E-state index is 5.49. The van der Waals surface area contributed by atoms with Crippen molar-refractivity contribution in [3.05, 3.63) is 34.3 Å². The third-order valence-electron chi connectivity index (χ3n) is 4.15. The molecule has 0 radical (unpaired) electrons. The van der Waals surface area contributed by atoms with Gasteiger partial charge in [-0.05, 0) is 50.6 Å². The van der Waals surface area contributed by atoms with Gasteiger partial charge in [0.15, 0.2) is 0 Å². The van der Waals surface area contributed by atoms with Gasteiger partial charge in [-0.25, -0.2) is 0 Å². The van der Waals surface area contributed by atoms with Gasteiger partial charge < -0.3 is 15.0 Å². The second kappa shape index (κ2) is 8.13. The summed E-state index contributed by atoms with van der Waals surface area (Å²) in [7, 11) is 3.87. The Balaban J connectivity index is 1.85. The van der Waals surface area contributed by atoms with Gasteiger partial charge in [-0.15, -0.1) is 0 Å². The molecule has 1 fully saturated rings. The van der Waals surface area contributed by atoms with Crippen LogP contribution >= 0.6 is 15.9 Å². The first kappa shape index (κ1) is 16.0. The molecule has 2 rings (SSSR count). The first-order chi connectivity index (χ1) is 9.72. The van der Waals surface area contributed by atoms with Gasteiger partial charge in [-0.3, -0.25) is 0 Å². The van der Waals surface area contributed by atoms with Gasteiger partial charge in [0.1, 0.15) is 0 Å². The number of hydrogen-bond acceptors (Lipinski definition) is 3. The molecule has 1 aromatic rings. The monoisotopic (exact) mass is 340 g/mol. The molecule has 1 saturated heterocycles. The molecule has 0 spiro atoms. The van der Waals surface area contributed by atoms with Crippen LogP contribution in [0.2, 0.25) is 0 Å². The van der Waals surface area contributed by atoms with Gasteiger partial charge >= 0.3 is 0 Å². The fourth-order valence-corrected chi connectivity index (χ4v) is 3.16. The van der Waals surface area contributed by atoms with Crippen molar-refractivity contribution >= 4 is 15.9 Å². The lowest BCUT2D eigenvalue weighted by Crippen LogP contribution is -2.40. The van der Waals surface area contributed by atoms with E-state index in [1.165, 1.54) is 24.9 Å². The van der Waals surface area contributed by atoms with Gasteiger partial charge in [0.05, 0.1) is 6.10 Å². The van der Waals surface area contributed by atoms with E-state index in [-0.39, 0.29) is 0 Å². The Labute approximate surface area is 130 Å². The Morgan fingerprint density at radius 1 is 1.40 bits per heavy atom. The molecule has 1 N–H and O–H groups in total. The summed E-state index contributed by atoms with van der Waals surface area (Å²) < 4.78 is 6.62. The lowest BCUT2D eigenvalue weighted by Gasteiger charge is -2.32. The van der Waals surface area contributed by atoms with Crippen LogP contribution in [0.15, 0.2) is 28.7 Å². The van der Waals surface area contributed by atoms with Crippen LogP contribution in [0.1, 0.15) is 30.9 Å². The highest BCUT2D eigenvalue weighted by molar-refractivity contribution is 9.10. The molecule has 112 valence electrons. The summed E-state index contributed by atoms with van der Waals surface area (Å²) in [4.78, 5) is 2.53. The summed E-state index contributed by atoms with van der Waals surface area (Å²) in [5.41, 5.74) is 1.36. The zero-order valence-electron chi connectivity index (χ0n) is 12.4. The van der Waals surface area contributed by atoms with Gasteiger partial charge in [0.25, 0.3) is 0 Å². The van der Waals surface area contributed by atoms with E-state index in [1.54, 1.807) is 0 Å². The first-order valence-electron chi connectivity index (χ1n) is 7.41. The van der Waals surface area contributed by atoms with Crippen molar-refractivity contribution in [1.82, 2.24) is 10.2 Å². The molecule has 4 heteroatoms. The normalized spacial score (nSPS) is 21.9. The van der Waals surface area contributed by atoms with E-state index in [4.69, 9.17) is 4.74 Å². The van der Waals surface area contributed by atoms with Gasteiger partial charge in [-0.1, -0.05) is 28.1 Å². The predicted octanol–water partition coefficient (Wildman–Crippen LogP) is 3.21. The second-order valence-corrected chi connectivity index (χ2v) is 6.40. The lowest BCUT2D eigenvalue weighted by molar-refractivity contribution is 0.0302. The minimum atomic E-state index is 0.421. The van der Waals surface area contributed by atoms with Crippen LogP contribution in [0.5, 0.6) is 0 Å². The van der Waals surface area contributed by atoms with Gasteiger partial charge in [0.2, 0.25) is 0 Å². The standard InChI is InChI=1S/C16H25BrN2O/c1-18-16(13-5-7-14(17)8-6-13)9-11-19-10-3-4-15(12-19)20-2/h5-8,15-16,18H,3-4,9-12H2,1-2H3. The SMILES string of the molecule is CNC(CCN1CCCC(OC)C1)c1ccc(Br)cc1. The average Bonchev–Trinajstić information content (AvgIpc) is 2.50. The number of likely N-dealkylation sites (tertiary alicyclic amines) is 1. The van der Waals surface area contributed by atoms with Crippen molar-refractivity contribution in [3.63, 3.8) is 0 Å². The molecule has 3 nitrogen and oxygen atoms in total. The number of halogens is 1. The molecule has 0 amide bonds. The van der Waals surface area contributed by atoms with Crippen LogP contribution < -0.4 is 5.32 Å². The summed E-state index contributed by atoms with van der Waals surface area (Å²) >= 11 is 3.49. The van der Waals surface area contributed by atoms with Gasteiger partial charge in [-0.2, -0.15) is 0 Å². The van der Waals surface area contributed by atoms with Crippen LogP contribution in [0.4, 0.5) is 0 Å². The maximum atomic E-state index is 5.49. The first-order valence-corrected chi connectivity index (χ1v) is 8.20. The van der Waals surface area contributed by atoms with Crippen LogP contribution in [-0.2, 0) is 4.74 Å². The number of methoxy groups -OCH3 is 1. The molecule has 0 aromatic heterocycles. The molecule has 2 unspecified atom stereocenters. The van der Waals surface area contributed by atoms with E-state index in [2.05, 4.69) is 50.4 Å². The molecule has 1 aliphatic rings. The van der Waals surface area contributed by atoms with Gasteiger partial charge in [0, 0.05) is 30.7 Å². The topological polar surface area (TPSA) is 24.5 Å². The number of benzene rings is 1. The molecular formula is C16H25BrN2O. The Morgan fingerprint density at radius 3 is 2.80 bits per heavy atom. The van der Waals surface area contributed by atoms with Crippen LogP contribution in [-0.4, -0.2) is 44.8 Å². The van der Waals surface area contributed by atoms with Crippen molar-refractivity contribution < 1.29 is 4.74 Å².